The third-order valence-corrected chi connectivity index (χ3v) is 5.37. The number of benzene rings is 2. The molecule has 0 atom stereocenters. The zero-order chi connectivity index (χ0) is 21.8. The number of nitrogens with two attached hydrogens (primary N) is 1. The first kappa shape index (κ1) is 20.7. The topological polar surface area (TPSA) is 97.9 Å². The third-order valence-electron chi connectivity index (χ3n) is 5.37. The lowest BCUT2D eigenvalue weighted by atomic mass is 10.2. The summed E-state index contributed by atoms with van der Waals surface area (Å²) in [5.41, 5.74) is 10.7. The van der Waals surface area contributed by atoms with Crippen LogP contribution in [0, 0.1) is 6.92 Å². The van der Waals surface area contributed by atoms with Gasteiger partial charge < -0.3 is 20.9 Å². The minimum absolute atomic E-state index is 0. The Morgan fingerprint density at radius 3 is 2.68 bits per heavy atom. The van der Waals surface area contributed by atoms with Crippen molar-refractivity contribution in [1.29, 1.82) is 0 Å². The second kappa shape index (κ2) is 9.04. The number of aryl methyl sites for hydroxylation is 2. The van der Waals surface area contributed by atoms with Crippen LogP contribution in [0.1, 0.15) is 32.6 Å². The van der Waals surface area contributed by atoms with Crippen molar-refractivity contribution in [2.24, 2.45) is 0 Å². The zero-order valence-electron chi connectivity index (χ0n) is 18.0. The fraction of sp³-hybridized carbons (Fsp3) is 0.292. The molecule has 0 unspecified atom stereocenters. The molecule has 162 valence electrons. The highest BCUT2D eigenvalue weighted by molar-refractivity contribution is 6.06. The number of carbonyl (C=O) groups is 1. The van der Waals surface area contributed by atoms with Gasteiger partial charge in [0.25, 0.3) is 0 Å². The Bertz CT molecular complexity index is 1220. The van der Waals surface area contributed by atoms with Gasteiger partial charge in [0.2, 0.25) is 0 Å². The van der Waals surface area contributed by atoms with Crippen molar-refractivity contribution in [3.05, 3.63) is 59.9 Å². The molecule has 4 N–H and O–H groups in total. The number of para-hydroxylation sites is 1. The molecule has 31 heavy (non-hydrogen) atoms. The van der Waals surface area contributed by atoms with Gasteiger partial charge >= 0.3 is 6.03 Å². The fourth-order valence-corrected chi connectivity index (χ4v) is 3.76. The summed E-state index contributed by atoms with van der Waals surface area (Å²) in [5, 5.41) is 6.84. The number of nitrogens with zero attached hydrogens (tertiary/aromatic N) is 3. The Morgan fingerprint density at radius 2 is 1.90 bits per heavy atom. The van der Waals surface area contributed by atoms with E-state index in [9.17, 15) is 4.79 Å². The summed E-state index contributed by atoms with van der Waals surface area (Å²) in [5.74, 6) is 1.41. The average molecular weight is 419 g/mol. The molecule has 0 saturated heterocycles. The largest absolute Gasteiger partial charge is 0.382 e. The molecule has 4 rings (SSSR count). The van der Waals surface area contributed by atoms with Crippen LogP contribution in [-0.2, 0) is 13.0 Å². The van der Waals surface area contributed by atoms with E-state index in [1.54, 1.807) is 0 Å². The molecule has 0 aliphatic carbocycles. The van der Waals surface area contributed by atoms with E-state index < -0.39 is 0 Å². The quantitative estimate of drug-likeness (QED) is 0.398. The Morgan fingerprint density at radius 1 is 1.13 bits per heavy atom. The molecule has 7 heteroatoms. The van der Waals surface area contributed by atoms with Gasteiger partial charge in [-0.2, -0.15) is 0 Å². The first-order valence-electron chi connectivity index (χ1n) is 10.7. The van der Waals surface area contributed by atoms with Crippen LogP contribution in [0.15, 0.2) is 48.5 Å². The molecule has 2 aromatic heterocycles. The number of nitrogen functional groups attached to an aromatic ring is 1. The minimum atomic E-state index is -0.227. The van der Waals surface area contributed by atoms with Crippen LogP contribution in [0.3, 0.4) is 0 Å². The van der Waals surface area contributed by atoms with Gasteiger partial charge in [-0.3, -0.25) is 0 Å². The smallest absolute Gasteiger partial charge is 0.319 e. The highest BCUT2D eigenvalue weighted by Crippen LogP contribution is 2.29. The summed E-state index contributed by atoms with van der Waals surface area (Å²) in [6.45, 7) is 5.25. The Labute approximate surface area is 183 Å². The number of pyridine rings is 1. The fourth-order valence-electron chi connectivity index (χ4n) is 3.76. The molecule has 0 bridgehead atoms. The second-order valence-corrected chi connectivity index (χ2v) is 7.74. The van der Waals surface area contributed by atoms with Crippen LogP contribution < -0.4 is 16.4 Å². The maximum atomic E-state index is 12.3. The van der Waals surface area contributed by atoms with Gasteiger partial charge in [-0.1, -0.05) is 49.2 Å². The highest BCUT2D eigenvalue weighted by Gasteiger charge is 2.17. The molecule has 0 saturated carbocycles. The number of unbranched alkanes of at least 4 members (excludes halogenated alkanes) is 1. The lowest BCUT2D eigenvalue weighted by molar-refractivity contribution is 0.251. The monoisotopic (exact) mass is 418 g/mol. The molecule has 0 spiro atoms. The molecule has 2 heterocycles. The van der Waals surface area contributed by atoms with Crippen LogP contribution in [-0.4, -0.2) is 27.1 Å². The van der Waals surface area contributed by atoms with Crippen molar-refractivity contribution in [1.82, 2.24) is 19.9 Å². The number of imidazole rings is 1. The molecule has 0 aliphatic heterocycles. The number of anilines is 2. The first-order valence-corrected chi connectivity index (χ1v) is 10.7. The minimum Gasteiger partial charge on any atom is -0.382 e. The van der Waals surface area contributed by atoms with Gasteiger partial charge in [0, 0.05) is 32.0 Å². The summed E-state index contributed by atoms with van der Waals surface area (Å²) in [6.07, 6.45) is 2.97. The molecule has 0 radical (unpaired) electrons. The Balaban J connectivity index is 0.00000289. The van der Waals surface area contributed by atoms with Gasteiger partial charge in [0.15, 0.2) is 5.82 Å². The number of aromatic nitrogens is 3. The number of carbonyl (C=O) groups excluding carboxylic acids is 1. The predicted octanol–water partition coefficient (Wildman–Crippen LogP) is 4.89. The van der Waals surface area contributed by atoms with E-state index in [2.05, 4.69) is 27.1 Å². The number of rotatable bonds is 7. The molecule has 0 fully saturated rings. The van der Waals surface area contributed by atoms with Crippen LogP contribution in [0.2, 0.25) is 0 Å². The van der Waals surface area contributed by atoms with Crippen LogP contribution in [0.5, 0.6) is 0 Å². The summed E-state index contributed by atoms with van der Waals surface area (Å²) in [4.78, 5) is 21.7. The van der Waals surface area contributed by atoms with Crippen LogP contribution in [0.4, 0.5) is 16.3 Å². The van der Waals surface area contributed by atoms with Gasteiger partial charge in [0.1, 0.15) is 11.3 Å². The summed E-state index contributed by atoms with van der Waals surface area (Å²) in [7, 11) is 0. The van der Waals surface area contributed by atoms with E-state index in [1.165, 1.54) is 0 Å². The van der Waals surface area contributed by atoms with E-state index in [4.69, 9.17) is 10.7 Å². The number of hydrogen-bond acceptors (Lipinski definition) is 4. The number of amides is 2. The Kier molecular flexibility index (Phi) is 6.02. The number of hydrogen-bond donors (Lipinski definition) is 3. The highest BCUT2D eigenvalue weighted by atomic mass is 16.2. The van der Waals surface area contributed by atoms with Crippen molar-refractivity contribution >= 4 is 39.5 Å². The van der Waals surface area contributed by atoms with Gasteiger partial charge in [0.05, 0.1) is 11.0 Å². The summed E-state index contributed by atoms with van der Waals surface area (Å²) < 4.78 is 2.18. The molecule has 2 aromatic carbocycles. The van der Waals surface area contributed by atoms with Crippen LogP contribution >= 0.6 is 0 Å². The number of nitrogens with one attached hydrogen (secondary N) is 2. The molecule has 0 aliphatic rings. The lowest BCUT2D eigenvalue weighted by Gasteiger charge is -2.12. The molecule has 7 nitrogen and oxygen atoms in total. The maximum absolute atomic E-state index is 12.3. The predicted molar refractivity (Wildman–Crippen MR) is 128 cm³/mol. The molecule has 2 amide bonds. The molecule has 4 aromatic rings. The third kappa shape index (κ3) is 4.45. The van der Waals surface area contributed by atoms with Crippen molar-refractivity contribution in [3.8, 4) is 0 Å². The number of urea groups is 1. The SMILES string of the molecule is CCCCc1nc2c(N)nc3ccccc3c2n1CCNC(=O)Nc1ccc(C)cc1.[HH]. The van der Waals surface area contributed by atoms with Crippen molar-refractivity contribution in [3.63, 3.8) is 0 Å². The van der Waals surface area contributed by atoms with E-state index in [1.807, 2.05) is 55.5 Å². The average Bonchev–Trinajstić information content (AvgIpc) is 3.13. The second-order valence-electron chi connectivity index (χ2n) is 7.74. The van der Waals surface area contributed by atoms with E-state index >= 15 is 0 Å². The first-order chi connectivity index (χ1) is 15.1. The Hall–Kier alpha value is -3.61. The molecular weight excluding hydrogens is 388 g/mol. The van der Waals surface area contributed by atoms with Crippen molar-refractivity contribution in [2.75, 3.05) is 17.6 Å². The maximum Gasteiger partial charge on any atom is 0.319 e. The van der Waals surface area contributed by atoms with Gasteiger partial charge in [-0.25, -0.2) is 14.8 Å². The standard InChI is InChI=1S/C24H28N6O.H2/c1-3-4-9-20-29-21-22(18-7-5-6-8-19(18)28-23(21)25)30(20)15-14-26-24(31)27-17-12-10-16(2)11-13-17;/h5-8,10-13H,3-4,9,14-15H2,1-2H3,(H2,25,28)(H2,26,27,31);1H. The van der Waals surface area contributed by atoms with Crippen molar-refractivity contribution < 1.29 is 6.22 Å². The van der Waals surface area contributed by atoms with Gasteiger partial charge in [-0.05, 0) is 31.5 Å². The van der Waals surface area contributed by atoms with Crippen LogP contribution in [0.25, 0.3) is 21.9 Å². The summed E-state index contributed by atoms with van der Waals surface area (Å²) in [6, 6.07) is 15.5. The summed E-state index contributed by atoms with van der Waals surface area (Å²) >= 11 is 0. The lowest BCUT2D eigenvalue weighted by Crippen LogP contribution is -2.31. The van der Waals surface area contributed by atoms with E-state index in [0.29, 0.717) is 18.9 Å². The normalized spacial score (nSPS) is 11.2. The van der Waals surface area contributed by atoms with Gasteiger partial charge in [-0.15, -0.1) is 0 Å². The van der Waals surface area contributed by atoms with E-state index in [0.717, 1.165) is 58.3 Å². The van der Waals surface area contributed by atoms with E-state index in [-0.39, 0.29) is 7.46 Å². The van der Waals surface area contributed by atoms with Crippen molar-refractivity contribution in [2.45, 2.75) is 39.7 Å². The zero-order valence-corrected chi connectivity index (χ0v) is 18.0. The number of fused-ring (bicyclic) bond motifs is 3. The molecular formula is C24H30N6O.